The fourth-order valence-electron chi connectivity index (χ4n) is 3.74. The molecule has 0 aromatic carbocycles. The van der Waals surface area contributed by atoms with Crippen LogP contribution in [0.4, 0.5) is 4.79 Å². The van der Waals surface area contributed by atoms with Crippen molar-refractivity contribution in [1.82, 2.24) is 15.1 Å². The maximum atomic E-state index is 12.3. The zero-order valence-electron chi connectivity index (χ0n) is 15.6. The lowest BCUT2D eigenvalue weighted by Crippen LogP contribution is -2.48. The number of amides is 1. The van der Waals surface area contributed by atoms with Crippen LogP contribution in [0.15, 0.2) is 0 Å². The summed E-state index contributed by atoms with van der Waals surface area (Å²) in [4.78, 5) is 16.8. The van der Waals surface area contributed by atoms with Gasteiger partial charge in [0.15, 0.2) is 0 Å². The minimum Gasteiger partial charge on any atom is -0.444 e. The molecule has 2 heterocycles. The molecule has 2 aliphatic heterocycles. The number of piperidine rings is 1. The van der Waals surface area contributed by atoms with Gasteiger partial charge in [-0.1, -0.05) is 6.42 Å². The topological polar surface area (TPSA) is 44.8 Å². The van der Waals surface area contributed by atoms with Gasteiger partial charge in [-0.05, 0) is 60.4 Å². The van der Waals surface area contributed by atoms with E-state index in [4.69, 9.17) is 4.74 Å². The first kappa shape index (κ1) is 18.5. The summed E-state index contributed by atoms with van der Waals surface area (Å²) in [5, 5.41) is 3.69. The van der Waals surface area contributed by atoms with Gasteiger partial charge in [0.2, 0.25) is 0 Å². The number of carbonyl (C=O) groups excluding carboxylic acids is 1. The average molecular weight is 325 g/mol. The molecule has 134 valence electrons. The van der Waals surface area contributed by atoms with Gasteiger partial charge < -0.3 is 15.0 Å². The molecule has 2 fully saturated rings. The molecule has 2 aliphatic rings. The third-order valence-corrected chi connectivity index (χ3v) is 4.87. The number of rotatable bonds is 5. The van der Waals surface area contributed by atoms with Gasteiger partial charge in [-0.3, -0.25) is 4.90 Å². The lowest BCUT2D eigenvalue weighted by Gasteiger charge is -2.34. The minimum absolute atomic E-state index is 0.154. The first-order valence-corrected chi connectivity index (χ1v) is 9.25. The van der Waals surface area contributed by atoms with Gasteiger partial charge in [0.25, 0.3) is 0 Å². The standard InChI is InChI=1S/C18H35N3O2/c1-14(2)21(17(22)23-18(3,4)5)13-10-19-15-9-12-20-11-7-6-8-16(15)20/h14-16,19H,6-13H2,1-5H3. The quantitative estimate of drug-likeness (QED) is 0.844. The lowest BCUT2D eigenvalue weighted by atomic mass is 9.99. The molecule has 0 aliphatic carbocycles. The highest BCUT2D eigenvalue weighted by molar-refractivity contribution is 5.68. The van der Waals surface area contributed by atoms with Crippen molar-refractivity contribution in [1.29, 1.82) is 0 Å². The predicted molar refractivity (Wildman–Crippen MR) is 93.7 cm³/mol. The molecule has 1 amide bonds. The van der Waals surface area contributed by atoms with Crippen molar-refractivity contribution in [2.24, 2.45) is 0 Å². The van der Waals surface area contributed by atoms with Crippen LogP contribution in [0.3, 0.4) is 0 Å². The van der Waals surface area contributed by atoms with Crippen molar-refractivity contribution in [2.45, 2.75) is 84.0 Å². The van der Waals surface area contributed by atoms with Crippen LogP contribution in [0.1, 0.15) is 60.3 Å². The number of fused-ring (bicyclic) bond motifs is 1. The summed E-state index contributed by atoms with van der Waals surface area (Å²) < 4.78 is 5.52. The normalized spacial score (nSPS) is 25.5. The highest BCUT2D eigenvalue weighted by Gasteiger charge is 2.35. The van der Waals surface area contributed by atoms with Crippen LogP contribution in [0.25, 0.3) is 0 Å². The molecule has 0 aromatic heterocycles. The molecule has 23 heavy (non-hydrogen) atoms. The number of carbonyl (C=O) groups is 1. The van der Waals surface area contributed by atoms with Crippen molar-refractivity contribution in [3.63, 3.8) is 0 Å². The molecule has 2 rings (SSSR count). The van der Waals surface area contributed by atoms with Crippen LogP contribution in [0.2, 0.25) is 0 Å². The van der Waals surface area contributed by atoms with E-state index in [1.165, 1.54) is 38.8 Å². The Morgan fingerprint density at radius 1 is 1.26 bits per heavy atom. The highest BCUT2D eigenvalue weighted by Crippen LogP contribution is 2.27. The number of nitrogens with one attached hydrogen (secondary N) is 1. The van der Waals surface area contributed by atoms with Crippen molar-refractivity contribution in [3.8, 4) is 0 Å². The molecule has 0 bridgehead atoms. The zero-order chi connectivity index (χ0) is 17.0. The van der Waals surface area contributed by atoms with Gasteiger partial charge in [-0.25, -0.2) is 4.79 Å². The lowest BCUT2D eigenvalue weighted by molar-refractivity contribution is 0.0191. The molecule has 0 saturated carbocycles. The van der Waals surface area contributed by atoms with Gasteiger partial charge >= 0.3 is 6.09 Å². The van der Waals surface area contributed by atoms with Crippen molar-refractivity contribution in [2.75, 3.05) is 26.2 Å². The first-order valence-electron chi connectivity index (χ1n) is 9.25. The summed E-state index contributed by atoms with van der Waals surface area (Å²) in [5.74, 6) is 0. The van der Waals surface area contributed by atoms with Crippen LogP contribution >= 0.6 is 0 Å². The number of ether oxygens (including phenoxy) is 1. The van der Waals surface area contributed by atoms with E-state index in [-0.39, 0.29) is 12.1 Å². The molecule has 5 nitrogen and oxygen atoms in total. The molecular formula is C18H35N3O2. The van der Waals surface area contributed by atoms with E-state index in [0.717, 1.165) is 6.54 Å². The minimum atomic E-state index is -0.439. The largest absolute Gasteiger partial charge is 0.444 e. The van der Waals surface area contributed by atoms with E-state index < -0.39 is 5.60 Å². The van der Waals surface area contributed by atoms with E-state index in [1.807, 2.05) is 39.5 Å². The second-order valence-corrected chi connectivity index (χ2v) is 8.22. The Bertz CT molecular complexity index is 392. The smallest absolute Gasteiger partial charge is 0.410 e. The number of hydrogen-bond acceptors (Lipinski definition) is 4. The molecular weight excluding hydrogens is 290 g/mol. The van der Waals surface area contributed by atoms with Crippen LogP contribution < -0.4 is 5.32 Å². The Labute approximate surface area is 141 Å². The second kappa shape index (κ2) is 7.84. The van der Waals surface area contributed by atoms with E-state index >= 15 is 0 Å². The Morgan fingerprint density at radius 2 is 2.00 bits per heavy atom. The van der Waals surface area contributed by atoms with Crippen LogP contribution in [-0.4, -0.2) is 65.8 Å². The summed E-state index contributed by atoms with van der Waals surface area (Å²) in [6, 6.07) is 1.45. The predicted octanol–water partition coefficient (Wildman–Crippen LogP) is 2.85. The molecule has 2 saturated heterocycles. The fraction of sp³-hybridized carbons (Fsp3) is 0.944. The maximum absolute atomic E-state index is 12.3. The van der Waals surface area contributed by atoms with Crippen LogP contribution in [0.5, 0.6) is 0 Å². The van der Waals surface area contributed by atoms with Crippen molar-refractivity contribution >= 4 is 6.09 Å². The van der Waals surface area contributed by atoms with Gasteiger partial charge in [0.1, 0.15) is 5.60 Å². The molecule has 2 unspecified atom stereocenters. The van der Waals surface area contributed by atoms with Gasteiger partial charge in [-0.2, -0.15) is 0 Å². The molecule has 0 radical (unpaired) electrons. The molecule has 5 heteroatoms. The van der Waals surface area contributed by atoms with E-state index in [2.05, 4.69) is 10.2 Å². The zero-order valence-corrected chi connectivity index (χ0v) is 15.6. The molecule has 1 N–H and O–H groups in total. The monoisotopic (exact) mass is 325 g/mol. The van der Waals surface area contributed by atoms with Crippen molar-refractivity contribution < 1.29 is 9.53 Å². The average Bonchev–Trinajstić information content (AvgIpc) is 2.84. The summed E-state index contributed by atoms with van der Waals surface area (Å²) in [6.07, 6.45) is 5.05. The third kappa shape index (κ3) is 5.35. The summed E-state index contributed by atoms with van der Waals surface area (Å²) >= 11 is 0. The van der Waals surface area contributed by atoms with Gasteiger partial charge in [-0.15, -0.1) is 0 Å². The molecule has 0 aromatic rings. The fourth-order valence-corrected chi connectivity index (χ4v) is 3.74. The summed E-state index contributed by atoms with van der Waals surface area (Å²) in [7, 11) is 0. The molecule has 0 spiro atoms. The Kier molecular flexibility index (Phi) is 6.32. The Morgan fingerprint density at radius 3 is 2.65 bits per heavy atom. The maximum Gasteiger partial charge on any atom is 0.410 e. The first-order chi connectivity index (χ1) is 10.8. The summed E-state index contributed by atoms with van der Waals surface area (Å²) in [6.45, 7) is 13.9. The second-order valence-electron chi connectivity index (χ2n) is 8.22. The van der Waals surface area contributed by atoms with E-state index in [1.54, 1.807) is 0 Å². The number of hydrogen-bond donors (Lipinski definition) is 1. The Hall–Kier alpha value is -0.810. The SMILES string of the molecule is CC(C)N(CCNC1CCN2CCCCC12)C(=O)OC(C)(C)C. The van der Waals surface area contributed by atoms with Gasteiger partial charge in [0.05, 0.1) is 0 Å². The van der Waals surface area contributed by atoms with Crippen LogP contribution in [0, 0.1) is 0 Å². The number of nitrogens with zero attached hydrogens (tertiary/aromatic N) is 2. The third-order valence-electron chi connectivity index (χ3n) is 4.87. The van der Waals surface area contributed by atoms with Crippen molar-refractivity contribution in [3.05, 3.63) is 0 Å². The molecule has 2 atom stereocenters. The van der Waals surface area contributed by atoms with E-state index in [9.17, 15) is 4.79 Å². The van der Waals surface area contributed by atoms with Gasteiger partial charge in [0, 0.05) is 37.8 Å². The van der Waals surface area contributed by atoms with E-state index in [0.29, 0.717) is 18.6 Å². The van der Waals surface area contributed by atoms with Crippen LogP contribution in [-0.2, 0) is 4.74 Å². The highest BCUT2D eigenvalue weighted by atomic mass is 16.6. The Balaban J connectivity index is 1.79. The summed E-state index contributed by atoms with van der Waals surface area (Å²) in [5.41, 5.74) is -0.439.